The monoisotopic (exact) mass is 394 g/mol. The summed E-state index contributed by atoms with van der Waals surface area (Å²) in [5.41, 5.74) is 2.45. The number of rotatable bonds is 8. The largest absolute Gasteiger partial charge is 0.277 e. The molecule has 2 rings (SSSR count). The van der Waals surface area contributed by atoms with Crippen molar-refractivity contribution in [3.63, 3.8) is 0 Å². The van der Waals surface area contributed by atoms with Crippen LogP contribution in [0.3, 0.4) is 0 Å². The van der Waals surface area contributed by atoms with E-state index >= 15 is 0 Å². The van der Waals surface area contributed by atoms with E-state index in [1.54, 1.807) is 19.9 Å². The molecule has 0 saturated carbocycles. The number of nitro groups is 1. The summed E-state index contributed by atoms with van der Waals surface area (Å²) >= 11 is 0. The summed E-state index contributed by atoms with van der Waals surface area (Å²) in [4.78, 5) is 10.1. The second-order valence-electron chi connectivity index (χ2n) is 5.42. The molecule has 0 fully saturated rings. The number of hydrazone groups is 1. The van der Waals surface area contributed by atoms with Gasteiger partial charge >= 0.3 is 0 Å². The maximum absolute atomic E-state index is 13.6. The molecule has 0 radical (unpaired) electrons. The standard InChI is InChI=1S/C17H19FN4O4S/c1-3-21(4-2)27(25,26)17-11-14(22(23)24)9-10-16(17)20-19-12-13-7-5-6-8-15(13)18/h5-12,20H,3-4H2,1-2H3. The first-order chi connectivity index (χ1) is 12.8. The van der Waals surface area contributed by atoms with Crippen molar-refractivity contribution in [2.45, 2.75) is 18.7 Å². The minimum absolute atomic E-state index is 0.0556. The van der Waals surface area contributed by atoms with Gasteiger partial charge in [-0.05, 0) is 12.1 Å². The lowest BCUT2D eigenvalue weighted by Gasteiger charge is -2.20. The maximum Gasteiger partial charge on any atom is 0.270 e. The van der Waals surface area contributed by atoms with Crippen molar-refractivity contribution in [1.29, 1.82) is 0 Å². The van der Waals surface area contributed by atoms with Crippen molar-refractivity contribution in [3.05, 3.63) is 64.0 Å². The van der Waals surface area contributed by atoms with Crippen LogP contribution in [-0.2, 0) is 10.0 Å². The second kappa shape index (κ2) is 8.69. The Morgan fingerprint density at radius 2 is 1.89 bits per heavy atom. The smallest absolute Gasteiger partial charge is 0.270 e. The fourth-order valence-electron chi connectivity index (χ4n) is 2.38. The topological polar surface area (TPSA) is 105 Å². The molecule has 0 aliphatic heterocycles. The Kier molecular flexibility index (Phi) is 6.59. The predicted octanol–water partition coefficient (Wildman–Crippen LogP) is 3.21. The van der Waals surface area contributed by atoms with E-state index in [-0.39, 0.29) is 34.9 Å². The Balaban J connectivity index is 2.44. The van der Waals surface area contributed by atoms with E-state index in [2.05, 4.69) is 10.5 Å². The fourth-order valence-corrected chi connectivity index (χ4v) is 4.00. The molecule has 0 spiro atoms. The summed E-state index contributed by atoms with van der Waals surface area (Å²) < 4.78 is 40.5. The number of nitrogens with zero attached hydrogens (tertiary/aromatic N) is 3. The number of non-ortho nitro benzene ring substituents is 1. The highest BCUT2D eigenvalue weighted by Gasteiger charge is 2.27. The highest BCUT2D eigenvalue weighted by atomic mass is 32.2. The summed E-state index contributed by atoms with van der Waals surface area (Å²) in [6.07, 6.45) is 1.20. The molecular weight excluding hydrogens is 375 g/mol. The third kappa shape index (κ3) is 4.66. The number of hydrogen-bond donors (Lipinski definition) is 1. The molecule has 0 amide bonds. The summed E-state index contributed by atoms with van der Waals surface area (Å²) in [7, 11) is -3.97. The predicted molar refractivity (Wildman–Crippen MR) is 101 cm³/mol. The van der Waals surface area contributed by atoms with Crippen LogP contribution in [0.2, 0.25) is 0 Å². The SMILES string of the molecule is CCN(CC)S(=O)(=O)c1cc([N+](=O)[O-])ccc1NN=Cc1ccccc1F. The lowest BCUT2D eigenvalue weighted by molar-refractivity contribution is -0.385. The van der Waals surface area contributed by atoms with Gasteiger partial charge in [0.2, 0.25) is 10.0 Å². The van der Waals surface area contributed by atoms with E-state index in [1.165, 1.54) is 40.9 Å². The van der Waals surface area contributed by atoms with Gasteiger partial charge in [-0.15, -0.1) is 0 Å². The highest BCUT2D eigenvalue weighted by molar-refractivity contribution is 7.89. The third-order valence-corrected chi connectivity index (χ3v) is 5.88. The van der Waals surface area contributed by atoms with Crippen LogP contribution in [0.25, 0.3) is 0 Å². The van der Waals surface area contributed by atoms with Crippen molar-refractivity contribution >= 4 is 27.6 Å². The molecular formula is C17H19FN4O4S. The Bertz CT molecular complexity index is 959. The molecule has 0 heterocycles. The van der Waals surface area contributed by atoms with Crippen LogP contribution in [0.5, 0.6) is 0 Å². The Hall–Kier alpha value is -2.85. The molecule has 2 aromatic carbocycles. The zero-order chi connectivity index (χ0) is 20.0. The van der Waals surface area contributed by atoms with Crippen LogP contribution in [0, 0.1) is 15.9 Å². The van der Waals surface area contributed by atoms with Gasteiger partial charge in [0, 0.05) is 30.8 Å². The van der Waals surface area contributed by atoms with E-state index in [1.807, 2.05) is 0 Å². The van der Waals surface area contributed by atoms with Gasteiger partial charge in [-0.1, -0.05) is 32.0 Å². The minimum atomic E-state index is -3.97. The Morgan fingerprint density at radius 1 is 1.22 bits per heavy atom. The molecule has 0 aromatic heterocycles. The normalized spacial score (nSPS) is 11.9. The quantitative estimate of drug-likeness (QED) is 0.420. The molecule has 2 aromatic rings. The number of benzene rings is 2. The molecule has 1 N–H and O–H groups in total. The van der Waals surface area contributed by atoms with E-state index in [0.29, 0.717) is 0 Å². The van der Waals surface area contributed by atoms with E-state index < -0.39 is 20.8 Å². The summed E-state index contributed by atoms with van der Waals surface area (Å²) in [5.74, 6) is -0.484. The number of nitro benzene ring substituents is 1. The Morgan fingerprint density at radius 3 is 2.48 bits per heavy atom. The fraction of sp³-hybridized carbons (Fsp3) is 0.235. The van der Waals surface area contributed by atoms with Crippen LogP contribution in [0.4, 0.5) is 15.8 Å². The second-order valence-corrected chi connectivity index (χ2v) is 7.32. The van der Waals surface area contributed by atoms with Crippen LogP contribution in [0.1, 0.15) is 19.4 Å². The first-order valence-electron chi connectivity index (χ1n) is 8.13. The molecule has 144 valence electrons. The number of nitrogens with one attached hydrogen (secondary N) is 1. The summed E-state index contributed by atoms with van der Waals surface area (Å²) in [6.45, 7) is 3.75. The summed E-state index contributed by atoms with van der Waals surface area (Å²) in [6, 6.07) is 9.34. The van der Waals surface area contributed by atoms with Crippen LogP contribution >= 0.6 is 0 Å². The van der Waals surface area contributed by atoms with Gasteiger partial charge < -0.3 is 0 Å². The minimum Gasteiger partial charge on any atom is -0.277 e. The van der Waals surface area contributed by atoms with E-state index in [9.17, 15) is 22.9 Å². The molecule has 0 saturated heterocycles. The summed E-state index contributed by atoms with van der Waals surface area (Å²) in [5, 5.41) is 14.9. The van der Waals surface area contributed by atoms with Crippen molar-refractivity contribution < 1.29 is 17.7 Å². The number of hydrogen-bond acceptors (Lipinski definition) is 6. The Labute approximate surface area is 156 Å². The van der Waals surface area contributed by atoms with Crippen LogP contribution in [-0.4, -0.2) is 37.0 Å². The van der Waals surface area contributed by atoms with Crippen LogP contribution in [0.15, 0.2) is 52.5 Å². The maximum atomic E-state index is 13.6. The van der Waals surface area contributed by atoms with E-state index in [4.69, 9.17) is 0 Å². The van der Waals surface area contributed by atoms with Gasteiger partial charge in [0.15, 0.2) is 0 Å². The zero-order valence-corrected chi connectivity index (χ0v) is 15.6. The lowest BCUT2D eigenvalue weighted by atomic mass is 10.2. The molecule has 0 atom stereocenters. The molecule has 0 bridgehead atoms. The average molecular weight is 394 g/mol. The molecule has 27 heavy (non-hydrogen) atoms. The van der Waals surface area contributed by atoms with Crippen molar-refractivity contribution in [1.82, 2.24) is 4.31 Å². The average Bonchev–Trinajstić information content (AvgIpc) is 2.64. The lowest BCUT2D eigenvalue weighted by Crippen LogP contribution is -2.31. The number of halogens is 1. The molecule has 0 aliphatic rings. The van der Waals surface area contributed by atoms with E-state index in [0.717, 1.165) is 6.07 Å². The number of anilines is 1. The first kappa shape index (κ1) is 20.5. The molecule has 0 unspecified atom stereocenters. The van der Waals surface area contributed by atoms with Gasteiger partial charge in [0.05, 0.1) is 16.8 Å². The zero-order valence-electron chi connectivity index (χ0n) is 14.8. The third-order valence-electron chi connectivity index (χ3n) is 3.79. The first-order valence-corrected chi connectivity index (χ1v) is 9.57. The van der Waals surface area contributed by atoms with Crippen molar-refractivity contribution in [3.8, 4) is 0 Å². The van der Waals surface area contributed by atoms with Gasteiger partial charge in [0.25, 0.3) is 5.69 Å². The molecule has 0 aliphatic carbocycles. The molecule has 10 heteroatoms. The van der Waals surface area contributed by atoms with Gasteiger partial charge in [0.1, 0.15) is 10.7 Å². The van der Waals surface area contributed by atoms with Gasteiger partial charge in [-0.2, -0.15) is 9.41 Å². The molecule has 8 nitrogen and oxygen atoms in total. The van der Waals surface area contributed by atoms with Crippen molar-refractivity contribution in [2.24, 2.45) is 5.10 Å². The highest BCUT2D eigenvalue weighted by Crippen LogP contribution is 2.29. The van der Waals surface area contributed by atoms with Gasteiger partial charge in [-0.3, -0.25) is 15.5 Å². The van der Waals surface area contributed by atoms with Crippen LogP contribution < -0.4 is 5.43 Å². The van der Waals surface area contributed by atoms with Crippen molar-refractivity contribution in [2.75, 3.05) is 18.5 Å². The number of sulfonamides is 1. The van der Waals surface area contributed by atoms with Gasteiger partial charge in [-0.25, -0.2) is 12.8 Å².